The van der Waals surface area contributed by atoms with Gasteiger partial charge in [-0.1, -0.05) is 0 Å². The summed E-state index contributed by atoms with van der Waals surface area (Å²) in [6.07, 6.45) is 1.58. The second-order valence-electron chi connectivity index (χ2n) is 5.01. The van der Waals surface area contributed by atoms with Crippen LogP contribution in [-0.4, -0.2) is 38.8 Å². The molecule has 0 atom stereocenters. The van der Waals surface area contributed by atoms with E-state index in [1.54, 1.807) is 24.4 Å². The smallest absolute Gasteiger partial charge is 0.259 e. The lowest BCUT2D eigenvalue weighted by molar-refractivity contribution is -0.120. The van der Waals surface area contributed by atoms with E-state index in [9.17, 15) is 9.59 Å². The van der Waals surface area contributed by atoms with Crippen molar-refractivity contribution in [3.8, 4) is 11.5 Å². The molecule has 0 saturated heterocycles. The van der Waals surface area contributed by atoms with Gasteiger partial charge in [0.25, 0.3) is 11.8 Å². The fraction of sp³-hybridized carbons (Fsp3) is 0.235. The summed E-state index contributed by atoms with van der Waals surface area (Å²) in [6, 6.07) is 6.73. The highest BCUT2D eigenvalue weighted by Crippen LogP contribution is 2.27. The van der Waals surface area contributed by atoms with Gasteiger partial charge in [-0.25, -0.2) is 5.43 Å². The zero-order chi connectivity index (χ0) is 18.2. The molecule has 0 saturated carbocycles. The molecule has 0 spiro atoms. The summed E-state index contributed by atoms with van der Waals surface area (Å²) in [5.41, 5.74) is 3.83. The van der Waals surface area contributed by atoms with E-state index < -0.39 is 11.8 Å². The summed E-state index contributed by atoms with van der Waals surface area (Å²) in [7, 11) is 3.00. The van der Waals surface area contributed by atoms with Crippen LogP contribution in [0.2, 0.25) is 0 Å². The molecule has 0 aliphatic rings. The van der Waals surface area contributed by atoms with Crippen molar-refractivity contribution in [1.29, 1.82) is 0 Å². The van der Waals surface area contributed by atoms with Gasteiger partial charge in [0.2, 0.25) is 0 Å². The average Bonchev–Trinajstić information content (AvgIpc) is 3.04. The summed E-state index contributed by atoms with van der Waals surface area (Å²) in [4.78, 5) is 24.8. The number of benzene rings is 1. The van der Waals surface area contributed by atoms with Crippen molar-refractivity contribution >= 4 is 29.4 Å². The summed E-state index contributed by atoms with van der Waals surface area (Å²) < 4.78 is 10.3. The molecule has 7 nitrogen and oxygen atoms in total. The van der Waals surface area contributed by atoms with Crippen molar-refractivity contribution in [3.63, 3.8) is 0 Å². The first-order chi connectivity index (χ1) is 12.0. The van der Waals surface area contributed by atoms with Gasteiger partial charge in [0.1, 0.15) is 0 Å². The highest BCUT2D eigenvalue weighted by molar-refractivity contribution is 7.11. The second-order valence-corrected chi connectivity index (χ2v) is 5.96. The molecule has 8 heteroatoms. The van der Waals surface area contributed by atoms with Crippen molar-refractivity contribution in [3.05, 3.63) is 45.6 Å². The predicted octanol–water partition coefficient (Wildman–Crippen LogP) is 1.95. The Bertz CT molecular complexity index is 786. The van der Waals surface area contributed by atoms with Crippen molar-refractivity contribution in [2.45, 2.75) is 6.92 Å². The van der Waals surface area contributed by atoms with Gasteiger partial charge in [0.15, 0.2) is 11.5 Å². The quantitative estimate of drug-likeness (QED) is 0.583. The second kappa shape index (κ2) is 8.84. The van der Waals surface area contributed by atoms with Crippen LogP contribution in [0.1, 0.15) is 20.8 Å². The third-order valence-electron chi connectivity index (χ3n) is 3.33. The highest BCUT2D eigenvalue weighted by Gasteiger charge is 2.11. The molecule has 2 amide bonds. The van der Waals surface area contributed by atoms with Crippen LogP contribution in [0.5, 0.6) is 11.5 Å². The Morgan fingerprint density at radius 3 is 2.60 bits per heavy atom. The Labute approximate surface area is 149 Å². The first-order valence-electron chi connectivity index (χ1n) is 7.41. The van der Waals surface area contributed by atoms with Crippen LogP contribution in [-0.2, 0) is 4.79 Å². The van der Waals surface area contributed by atoms with E-state index in [0.717, 1.165) is 10.4 Å². The third kappa shape index (κ3) is 5.05. The molecule has 2 N–H and O–H groups in total. The minimum absolute atomic E-state index is 0.187. The number of hydrogen-bond acceptors (Lipinski definition) is 6. The average molecular weight is 361 g/mol. The van der Waals surface area contributed by atoms with Crippen LogP contribution in [0.25, 0.3) is 0 Å². The number of methoxy groups -OCH3 is 2. The maximum Gasteiger partial charge on any atom is 0.259 e. The Morgan fingerprint density at radius 2 is 1.96 bits per heavy atom. The van der Waals surface area contributed by atoms with E-state index in [-0.39, 0.29) is 6.54 Å². The molecule has 1 aromatic carbocycles. The zero-order valence-corrected chi connectivity index (χ0v) is 15.0. The lowest BCUT2D eigenvalue weighted by Gasteiger charge is -2.09. The van der Waals surface area contributed by atoms with Gasteiger partial charge in [-0.15, -0.1) is 11.3 Å². The summed E-state index contributed by atoms with van der Waals surface area (Å²) >= 11 is 1.53. The topological polar surface area (TPSA) is 89.0 Å². The number of carbonyl (C=O) groups excluding carboxylic acids is 2. The van der Waals surface area contributed by atoms with Crippen molar-refractivity contribution in [2.24, 2.45) is 5.10 Å². The van der Waals surface area contributed by atoms with Gasteiger partial charge in [0.05, 0.1) is 27.0 Å². The minimum Gasteiger partial charge on any atom is -0.493 e. The first-order valence-corrected chi connectivity index (χ1v) is 8.29. The Hall–Kier alpha value is -2.87. The number of ether oxygens (including phenoxy) is 2. The number of amides is 2. The molecular formula is C17H19N3O4S. The van der Waals surface area contributed by atoms with Crippen LogP contribution >= 0.6 is 11.3 Å². The third-order valence-corrected chi connectivity index (χ3v) is 4.28. The maximum atomic E-state index is 12.1. The van der Waals surface area contributed by atoms with Crippen LogP contribution < -0.4 is 20.2 Å². The molecule has 0 aliphatic heterocycles. The number of aryl methyl sites for hydroxylation is 1. The van der Waals surface area contributed by atoms with E-state index in [0.29, 0.717) is 17.1 Å². The van der Waals surface area contributed by atoms with Gasteiger partial charge >= 0.3 is 0 Å². The number of hydrogen-bond donors (Lipinski definition) is 2. The molecule has 0 fully saturated rings. The highest BCUT2D eigenvalue weighted by atomic mass is 32.1. The Balaban J connectivity index is 1.86. The minimum atomic E-state index is -0.417. The van der Waals surface area contributed by atoms with E-state index >= 15 is 0 Å². The van der Waals surface area contributed by atoms with Crippen LogP contribution in [0.4, 0.5) is 0 Å². The largest absolute Gasteiger partial charge is 0.493 e. The molecule has 2 rings (SSSR count). The molecule has 25 heavy (non-hydrogen) atoms. The molecule has 2 aromatic rings. The Kier molecular flexibility index (Phi) is 6.53. The van der Waals surface area contributed by atoms with E-state index in [4.69, 9.17) is 9.47 Å². The molecule has 0 radical (unpaired) electrons. The Morgan fingerprint density at radius 1 is 1.20 bits per heavy atom. The summed E-state index contributed by atoms with van der Waals surface area (Å²) in [5, 5.41) is 8.34. The fourth-order valence-corrected chi connectivity index (χ4v) is 2.75. The van der Waals surface area contributed by atoms with Gasteiger partial charge in [0, 0.05) is 10.4 Å². The monoisotopic (exact) mass is 361 g/mol. The lowest BCUT2D eigenvalue weighted by atomic mass is 10.2. The van der Waals surface area contributed by atoms with Crippen LogP contribution in [0, 0.1) is 6.92 Å². The fourth-order valence-electron chi connectivity index (χ4n) is 1.96. The molecule has 0 aliphatic carbocycles. The molecule has 132 valence electrons. The standard InChI is InChI=1S/C17H19N3O4S/c1-11-6-7-25-15(11)9-19-20-16(21)10-18-17(22)12-4-5-13(23-2)14(8-12)24-3/h4-9H,10H2,1-3H3,(H,18,22)(H,20,21)/b19-9+. The summed E-state index contributed by atoms with van der Waals surface area (Å²) in [6.45, 7) is 1.77. The number of rotatable bonds is 7. The van der Waals surface area contributed by atoms with Gasteiger partial charge in [-0.3, -0.25) is 9.59 Å². The predicted molar refractivity (Wildman–Crippen MR) is 96.7 cm³/mol. The van der Waals surface area contributed by atoms with E-state index in [2.05, 4.69) is 15.8 Å². The van der Waals surface area contributed by atoms with Gasteiger partial charge in [-0.2, -0.15) is 5.10 Å². The molecule has 1 heterocycles. The van der Waals surface area contributed by atoms with Crippen molar-refractivity contribution in [1.82, 2.24) is 10.7 Å². The van der Waals surface area contributed by atoms with Gasteiger partial charge in [-0.05, 0) is 42.1 Å². The van der Waals surface area contributed by atoms with Gasteiger partial charge < -0.3 is 14.8 Å². The number of nitrogens with zero attached hydrogens (tertiary/aromatic N) is 1. The zero-order valence-electron chi connectivity index (χ0n) is 14.2. The number of carbonyl (C=O) groups is 2. The number of nitrogens with one attached hydrogen (secondary N) is 2. The molecule has 1 aromatic heterocycles. The van der Waals surface area contributed by atoms with Crippen molar-refractivity contribution in [2.75, 3.05) is 20.8 Å². The normalized spacial score (nSPS) is 10.5. The van der Waals surface area contributed by atoms with Crippen LogP contribution in [0.15, 0.2) is 34.7 Å². The van der Waals surface area contributed by atoms with Crippen molar-refractivity contribution < 1.29 is 19.1 Å². The first kappa shape index (κ1) is 18.5. The lowest BCUT2D eigenvalue weighted by Crippen LogP contribution is -2.34. The molecule has 0 unspecified atom stereocenters. The van der Waals surface area contributed by atoms with E-state index in [1.807, 2.05) is 18.4 Å². The molecule has 0 bridgehead atoms. The van der Waals surface area contributed by atoms with Crippen LogP contribution in [0.3, 0.4) is 0 Å². The van der Waals surface area contributed by atoms with E-state index in [1.165, 1.54) is 25.6 Å². The number of hydrazone groups is 1. The summed E-state index contributed by atoms with van der Waals surface area (Å²) in [5.74, 6) is 0.152. The maximum absolute atomic E-state index is 12.1. The number of thiophene rings is 1. The molecular weight excluding hydrogens is 342 g/mol. The SMILES string of the molecule is COc1ccc(C(=O)NCC(=O)N/N=C/c2sccc2C)cc1OC.